The Hall–Kier alpha value is -2.63. The van der Waals surface area contributed by atoms with E-state index in [0.717, 1.165) is 6.54 Å². The third-order valence-corrected chi connectivity index (χ3v) is 8.93. The standard InChI is InChI=1S/C27H41N5O5S/c1-19-13-32(20(2)17-33)27(34)23-12-22(29-38(35,36)26-16-31(4)18-28-26)10-11-24(23)37-25(19)15-30(3)14-21-8-6-5-7-9-21/h10-12,16,18-21,25,29,33H,5-9,13-15,17H2,1-4H3/t19-,20-,25+/m1/s1. The van der Waals surface area contributed by atoms with Gasteiger partial charge in [0, 0.05) is 44.5 Å². The average molecular weight is 548 g/mol. The molecular weight excluding hydrogens is 506 g/mol. The van der Waals surface area contributed by atoms with Crippen LogP contribution in [0.3, 0.4) is 0 Å². The Labute approximate surface area is 226 Å². The van der Waals surface area contributed by atoms with E-state index in [0.29, 0.717) is 24.8 Å². The lowest BCUT2D eigenvalue weighted by Crippen LogP contribution is -2.50. The third kappa shape index (κ3) is 6.68. The maximum Gasteiger partial charge on any atom is 0.280 e. The summed E-state index contributed by atoms with van der Waals surface area (Å²) < 4.78 is 36.2. The van der Waals surface area contributed by atoms with Crippen LogP contribution in [0.1, 0.15) is 56.3 Å². The minimum atomic E-state index is -3.93. The fourth-order valence-corrected chi connectivity index (χ4v) is 6.46. The summed E-state index contributed by atoms with van der Waals surface area (Å²) in [5.74, 6) is 0.833. The fourth-order valence-electron chi connectivity index (χ4n) is 5.43. The van der Waals surface area contributed by atoms with Gasteiger partial charge in [0.05, 0.1) is 24.5 Å². The highest BCUT2D eigenvalue weighted by Crippen LogP contribution is 2.32. The number of aromatic nitrogens is 2. The van der Waals surface area contributed by atoms with Crippen LogP contribution in [0.15, 0.2) is 35.7 Å². The van der Waals surface area contributed by atoms with E-state index < -0.39 is 16.1 Å². The number of carbonyl (C=O) groups is 1. The molecule has 4 rings (SSSR count). The number of amides is 1. The number of nitrogens with one attached hydrogen (secondary N) is 1. The molecule has 1 amide bonds. The summed E-state index contributed by atoms with van der Waals surface area (Å²) in [5, 5.41) is 9.78. The van der Waals surface area contributed by atoms with Crippen LogP contribution in [0.4, 0.5) is 5.69 Å². The lowest BCUT2D eigenvalue weighted by molar-refractivity contribution is 0.0330. The summed E-state index contributed by atoms with van der Waals surface area (Å²) in [6.07, 6.45) is 9.09. The monoisotopic (exact) mass is 547 g/mol. The molecule has 11 heteroatoms. The van der Waals surface area contributed by atoms with Gasteiger partial charge >= 0.3 is 0 Å². The van der Waals surface area contributed by atoms with Crippen LogP contribution in [0.5, 0.6) is 5.75 Å². The Bertz CT molecular complexity index is 1210. The number of sulfonamides is 1. The summed E-state index contributed by atoms with van der Waals surface area (Å²) in [5.41, 5.74) is 0.501. The second-order valence-corrected chi connectivity index (χ2v) is 12.7. The van der Waals surface area contributed by atoms with Crippen LogP contribution >= 0.6 is 0 Å². The predicted octanol–water partition coefficient (Wildman–Crippen LogP) is 2.95. The van der Waals surface area contributed by atoms with Gasteiger partial charge in [0.15, 0.2) is 5.03 Å². The van der Waals surface area contributed by atoms with Crippen LogP contribution in [0.25, 0.3) is 0 Å². The first-order valence-electron chi connectivity index (χ1n) is 13.5. The van der Waals surface area contributed by atoms with Gasteiger partial charge in [0.25, 0.3) is 15.9 Å². The number of aliphatic hydroxyl groups is 1. The first kappa shape index (κ1) is 28.4. The van der Waals surface area contributed by atoms with E-state index in [1.807, 2.05) is 6.92 Å². The normalized spacial score (nSPS) is 21.9. The SMILES string of the molecule is C[C@@H]1CN([C@H](C)CO)C(=O)c2cc(NS(=O)(=O)c3cn(C)cn3)ccc2O[C@H]1CN(C)CC1CCCCC1. The molecule has 1 fully saturated rings. The molecule has 2 N–H and O–H groups in total. The Morgan fingerprint density at radius 2 is 1.97 bits per heavy atom. The van der Waals surface area contributed by atoms with Crippen LogP contribution < -0.4 is 9.46 Å². The minimum absolute atomic E-state index is 0.0252. The summed E-state index contributed by atoms with van der Waals surface area (Å²) >= 11 is 0. The number of carbonyl (C=O) groups excluding carboxylic acids is 1. The molecule has 3 atom stereocenters. The number of fused-ring (bicyclic) bond motifs is 1. The zero-order valence-electron chi connectivity index (χ0n) is 22.8. The smallest absolute Gasteiger partial charge is 0.280 e. The van der Waals surface area contributed by atoms with Crippen molar-refractivity contribution < 1.29 is 23.1 Å². The van der Waals surface area contributed by atoms with Crippen molar-refractivity contribution in [1.82, 2.24) is 19.4 Å². The molecular formula is C27H41N5O5S. The highest BCUT2D eigenvalue weighted by Gasteiger charge is 2.34. The van der Waals surface area contributed by atoms with Gasteiger partial charge in [-0.3, -0.25) is 9.52 Å². The lowest BCUT2D eigenvalue weighted by Gasteiger charge is -2.38. The molecule has 0 spiro atoms. The van der Waals surface area contributed by atoms with Crippen molar-refractivity contribution >= 4 is 21.6 Å². The van der Waals surface area contributed by atoms with Crippen LogP contribution in [-0.4, -0.2) is 84.2 Å². The van der Waals surface area contributed by atoms with Crippen molar-refractivity contribution in [3.8, 4) is 5.75 Å². The number of aryl methyl sites for hydroxylation is 1. The molecule has 1 saturated carbocycles. The molecule has 38 heavy (non-hydrogen) atoms. The Morgan fingerprint density at radius 3 is 2.63 bits per heavy atom. The van der Waals surface area contributed by atoms with Gasteiger partial charge in [-0.25, -0.2) is 4.98 Å². The van der Waals surface area contributed by atoms with Crippen molar-refractivity contribution in [2.24, 2.45) is 18.9 Å². The number of likely N-dealkylation sites (N-methyl/N-ethyl adjacent to an activating group) is 1. The Morgan fingerprint density at radius 1 is 1.24 bits per heavy atom. The van der Waals surface area contributed by atoms with E-state index in [-0.39, 0.29) is 40.8 Å². The second-order valence-electron chi connectivity index (χ2n) is 11.0. The molecule has 1 aliphatic heterocycles. The topological polar surface area (TPSA) is 117 Å². The lowest BCUT2D eigenvalue weighted by atomic mass is 9.89. The maximum atomic E-state index is 13.6. The van der Waals surface area contributed by atoms with E-state index >= 15 is 0 Å². The molecule has 1 aromatic carbocycles. The van der Waals surface area contributed by atoms with E-state index in [1.165, 1.54) is 50.7 Å². The van der Waals surface area contributed by atoms with E-state index in [2.05, 4.69) is 28.6 Å². The Kier molecular flexibility index (Phi) is 9.00. The minimum Gasteiger partial charge on any atom is -0.488 e. The van der Waals surface area contributed by atoms with Crippen LogP contribution in [0.2, 0.25) is 0 Å². The van der Waals surface area contributed by atoms with Gasteiger partial charge in [-0.2, -0.15) is 8.42 Å². The molecule has 0 radical (unpaired) electrons. The first-order chi connectivity index (χ1) is 18.1. The largest absolute Gasteiger partial charge is 0.488 e. The number of ether oxygens (including phenoxy) is 1. The van der Waals surface area contributed by atoms with Crippen LogP contribution in [-0.2, 0) is 17.1 Å². The van der Waals surface area contributed by atoms with Gasteiger partial charge in [-0.1, -0.05) is 26.2 Å². The fraction of sp³-hybridized carbons (Fsp3) is 0.630. The summed E-state index contributed by atoms with van der Waals surface area (Å²) in [6.45, 7) is 5.86. The second kappa shape index (κ2) is 12.0. The molecule has 0 unspecified atom stereocenters. The van der Waals surface area contributed by atoms with Gasteiger partial charge < -0.3 is 24.2 Å². The molecule has 2 heterocycles. The first-order valence-corrected chi connectivity index (χ1v) is 15.0. The van der Waals surface area contributed by atoms with Gasteiger partial charge in [0.2, 0.25) is 0 Å². The summed E-state index contributed by atoms with van der Waals surface area (Å²) in [6, 6.07) is 4.36. The van der Waals surface area contributed by atoms with Gasteiger partial charge in [-0.05, 0) is 50.9 Å². The number of hydrogen-bond acceptors (Lipinski definition) is 7. The van der Waals surface area contributed by atoms with E-state index in [9.17, 15) is 18.3 Å². The average Bonchev–Trinajstić information content (AvgIpc) is 3.34. The third-order valence-electron chi connectivity index (χ3n) is 7.66. The van der Waals surface area contributed by atoms with Gasteiger partial charge in [-0.15, -0.1) is 0 Å². The molecule has 1 aromatic heterocycles. The molecule has 1 aliphatic carbocycles. The van der Waals surface area contributed by atoms with Crippen LogP contribution in [0, 0.1) is 11.8 Å². The number of anilines is 1. The zero-order valence-corrected chi connectivity index (χ0v) is 23.7. The highest BCUT2D eigenvalue weighted by molar-refractivity contribution is 7.92. The van der Waals surface area contributed by atoms with Crippen molar-refractivity contribution in [1.29, 1.82) is 0 Å². The van der Waals surface area contributed by atoms with E-state index in [4.69, 9.17) is 4.74 Å². The number of hydrogen-bond donors (Lipinski definition) is 2. The number of benzene rings is 1. The number of rotatable bonds is 9. The molecule has 210 valence electrons. The van der Waals surface area contributed by atoms with Crippen molar-refractivity contribution in [3.63, 3.8) is 0 Å². The summed E-state index contributed by atoms with van der Waals surface area (Å²) in [4.78, 5) is 21.6. The quantitative estimate of drug-likeness (QED) is 0.496. The Balaban J connectivity index is 1.60. The zero-order chi connectivity index (χ0) is 27.4. The van der Waals surface area contributed by atoms with Crippen molar-refractivity contribution in [2.45, 2.75) is 63.1 Å². The highest BCUT2D eigenvalue weighted by atomic mass is 32.2. The predicted molar refractivity (Wildman–Crippen MR) is 146 cm³/mol. The number of imidazole rings is 1. The number of aliphatic hydroxyl groups excluding tert-OH is 1. The summed E-state index contributed by atoms with van der Waals surface area (Å²) in [7, 11) is -0.118. The molecule has 2 aliphatic rings. The maximum absolute atomic E-state index is 13.6. The molecule has 0 saturated heterocycles. The van der Waals surface area contributed by atoms with Crippen molar-refractivity contribution in [2.75, 3.05) is 38.0 Å². The van der Waals surface area contributed by atoms with E-state index in [1.54, 1.807) is 28.6 Å². The van der Waals surface area contributed by atoms with Gasteiger partial charge in [0.1, 0.15) is 11.9 Å². The van der Waals surface area contributed by atoms with Crippen molar-refractivity contribution in [3.05, 3.63) is 36.3 Å². The molecule has 10 nitrogen and oxygen atoms in total. The number of nitrogens with zero attached hydrogens (tertiary/aromatic N) is 4. The molecule has 2 aromatic rings. The molecule has 0 bridgehead atoms.